The molecule has 1 aromatic rings. The Bertz CT molecular complexity index is 352. The van der Waals surface area contributed by atoms with Crippen molar-refractivity contribution in [2.45, 2.75) is 6.54 Å². The highest BCUT2D eigenvalue weighted by Crippen LogP contribution is 2.08. The van der Waals surface area contributed by atoms with Crippen molar-refractivity contribution < 1.29 is 9.59 Å². The van der Waals surface area contributed by atoms with E-state index < -0.39 is 5.91 Å². The second-order valence-electron chi connectivity index (χ2n) is 2.40. The highest BCUT2D eigenvalue weighted by Gasteiger charge is 2.07. The van der Waals surface area contributed by atoms with Crippen LogP contribution in [0, 0.1) is 0 Å². The van der Waals surface area contributed by atoms with Crippen LogP contribution in [0.3, 0.4) is 0 Å². The van der Waals surface area contributed by atoms with Gasteiger partial charge in [0.2, 0.25) is 5.91 Å². The molecule has 0 atom stereocenters. The number of nitrogens with two attached hydrogens (primary N) is 1. The minimum absolute atomic E-state index is 0.0892. The molecule has 0 saturated carbocycles. The number of alkyl halides is 1. The van der Waals surface area contributed by atoms with Crippen molar-refractivity contribution in [1.82, 2.24) is 10.3 Å². The third kappa shape index (κ3) is 2.97. The summed E-state index contributed by atoms with van der Waals surface area (Å²) in [5.41, 5.74) is 5.22. The van der Waals surface area contributed by atoms with E-state index in [0.717, 1.165) is 0 Å². The average molecular weight is 234 g/mol. The number of aromatic nitrogens is 1. The number of carbonyl (C=O) groups excluding carboxylic acids is 2. The summed E-state index contributed by atoms with van der Waals surface area (Å²) in [6, 6.07) is 0. The highest BCUT2D eigenvalue weighted by molar-refractivity contribution is 7.09. The third-order valence-corrected chi connectivity index (χ3v) is 2.45. The van der Waals surface area contributed by atoms with Crippen LogP contribution in [0.5, 0.6) is 0 Å². The first-order valence-electron chi connectivity index (χ1n) is 3.70. The van der Waals surface area contributed by atoms with Crippen LogP contribution >= 0.6 is 22.9 Å². The Kier molecular flexibility index (Phi) is 3.84. The summed E-state index contributed by atoms with van der Waals surface area (Å²) in [5, 5.41) is 4.69. The minimum atomic E-state index is -0.573. The fourth-order valence-corrected chi connectivity index (χ4v) is 1.54. The van der Waals surface area contributed by atoms with E-state index in [9.17, 15) is 9.59 Å². The molecule has 1 heterocycles. The average Bonchev–Trinajstić information content (AvgIpc) is 2.62. The second kappa shape index (κ2) is 4.92. The van der Waals surface area contributed by atoms with Crippen LogP contribution < -0.4 is 11.1 Å². The van der Waals surface area contributed by atoms with Gasteiger partial charge in [0, 0.05) is 5.38 Å². The molecule has 76 valence electrons. The lowest BCUT2D eigenvalue weighted by atomic mass is 10.5. The van der Waals surface area contributed by atoms with E-state index in [1.807, 2.05) is 0 Å². The van der Waals surface area contributed by atoms with Crippen molar-refractivity contribution in [3.63, 3.8) is 0 Å². The first-order chi connectivity index (χ1) is 6.63. The molecular weight excluding hydrogens is 226 g/mol. The lowest BCUT2D eigenvalue weighted by Crippen LogP contribution is -2.23. The number of halogens is 1. The highest BCUT2D eigenvalue weighted by atomic mass is 35.5. The molecule has 0 aliphatic heterocycles. The molecular formula is C7H8ClN3O2S. The number of nitrogens with one attached hydrogen (secondary N) is 1. The maximum atomic E-state index is 10.8. The van der Waals surface area contributed by atoms with Gasteiger partial charge in [0.25, 0.3) is 5.91 Å². The second-order valence-corrected chi connectivity index (χ2v) is 3.61. The van der Waals surface area contributed by atoms with E-state index in [-0.39, 0.29) is 24.0 Å². The minimum Gasteiger partial charge on any atom is -0.364 e. The number of thiazole rings is 1. The van der Waals surface area contributed by atoms with Gasteiger partial charge in [0.1, 0.15) is 16.6 Å². The van der Waals surface area contributed by atoms with Crippen molar-refractivity contribution in [1.29, 1.82) is 0 Å². The Morgan fingerprint density at radius 3 is 2.86 bits per heavy atom. The van der Waals surface area contributed by atoms with E-state index in [1.54, 1.807) is 5.38 Å². The summed E-state index contributed by atoms with van der Waals surface area (Å²) in [5.74, 6) is -0.938. The standard InChI is InChI=1S/C7H8ClN3O2S/c8-1-5(12)10-2-6-11-4(3-14-6)7(9)13/h3H,1-2H2,(H2,9,13)(H,10,12). The fourth-order valence-electron chi connectivity index (χ4n) is 0.727. The third-order valence-electron chi connectivity index (χ3n) is 1.36. The Hall–Kier alpha value is -1.14. The molecule has 5 nitrogen and oxygen atoms in total. The molecule has 0 spiro atoms. The molecule has 0 aliphatic carbocycles. The van der Waals surface area contributed by atoms with E-state index >= 15 is 0 Å². The van der Waals surface area contributed by atoms with Crippen molar-refractivity contribution in [2.75, 3.05) is 5.88 Å². The Labute approximate surface area is 89.3 Å². The first-order valence-corrected chi connectivity index (χ1v) is 5.11. The molecule has 0 bridgehead atoms. The first kappa shape index (κ1) is 10.9. The van der Waals surface area contributed by atoms with Gasteiger partial charge in [-0.3, -0.25) is 9.59 Å². The summed E-state index contributed by atoms with van der Waals surface area (Å²) in [6.45, 7) is 0.267. The number of amides is 2. The van der Waals surface area contributed by atoms with Crippen LogP contribution in [-0.2, 0) is 11.3 Å². The zero-order valence-corrected chi connectivity index (χ0v) is 8.69. The van der Waals surface area contributed by atoms with Crippen LogP contribution in [-0.4, -0.2) is 22.7 Å². The quantitative estimate of drug-likeness (QED) is 0.724. The van der Waals surface area contributed by atoms with E-state index in [2.05, 4.69) is 10.3 Å². The summed E-state index contributed by atoms with van der Waals surface area (Å²) >= 11 is 6.53. The number of primary amides is 1. The van der Waals surface area contributed by atoms with Gasteiger partial charge in [0.15, 0.2) is 0 Å². The Morgan fingerprint density at radius 2 is 2.36 bits per heavy atom. The Morgan fingerprint density at radius 1 is 1.64 bits per heavy atom. The molecule has 0 radical (unpaired) electrons. The zero-order valence-electron chi connectivity index (χ0n) is 7.12. The van der Waals surface area contributed by atoms with Crippen LogP contribution in [0.2, 0.25) is 0 Å². The molecule has 3 N–H and O–H groups in total. The molecule has 0 saturated heterocycles. The molecule has 1 rings (SSSR count). The number of carbonyl (C=O) groups is 2. The van der Waals surface area contributed by atoms with E-state index in [1.165, 1.54) is 11.3 Å². The maximum absolute atomic E-state index is 10.8. The molecule has 0 fully saturated rings. The number of hydrogen-bond acceptors (Lipinski definition) is 4. The van der Waals surface area contributed by atoms with Crippen LogP contribution in [0.15, 0.2) is 5.38 Å². The van der Waals surface area contributed by atoms with Gasteiger partial charge < -0.3 is 11.1 Å². The van der Waals surface area contributed by atoms with Gasteiger partial charge in [-0.15, -0.1) is 22.9 Å². The molecule has 7 heteroatoms. The van der Waals surface area contributed by atoms with Crippen LogP contribution in [0.1, 0.15) is 15.5 Å². The Balaban J connectivity index is 2.52. The van der Waals surface area contributed by atoms with Crippen molar-refractivity contribution in [3.05, 3.63) is 16.1 Å². The number of hydrogen-bond donors (Lipinski definition) is 2. The smallest absolute Gasteiger partial charge is 0.268 e. The number of rotatable bonds is 4. The zero-order chi connectivity index (χ0) is 10.6. The molecule has 0 aliphatic rings. The summed E-state index contributed by atoms with van der Waals surface area (Å²) in [6.07, 6.45) is 0. The van der Waals surface area contributed by atoms with Crippen molar-refractivity contribution >= 4 is 34.8 Å². The van der Waals surface area contributed by atoms with Crippen LogP contribution in [0.4, 0.5) is 0 Å². The summed E-state index contributed by atoms with van der Waals surface area (Å²) in [7, 11) is 0. The van der Waals surface area contributed by atoms with Gasteiger partial charge in [-0.05, 0) is 0 Å². The van der Waals surface area contributed by atoms with Crippen molar-refractivity contribution in [3.8, 4) is 0 Å². The monoisotopic (exact) mass is 233 g/mol. The van der Waals surface area contributed by atoms with Gasteiger partial charge in [0.05, 0.1) is 6.54 Å². The van der Waals surface area contributed by atoms with Gasteiger partial charge >= 0.3 is 0 Å². The summed E-state index contributed by atoms with van der Waals surface area (Å²) in [4.78, 5) is 25.3. The lowest BCUT2D eigenvalue weighted by molar-refractivity contribution is -0.118. The SMILES string of the molecule is NC(=O)c1csc(CNC(=O)CCl)n1. The van der Waals surface area contributed by atoms with Gasteiger partial charge in [-0.1, -0.05) is 0 Å². The van der Waals surface area contributed by atoms with E-state index in [0.29, 0.717) is 5.01 Å². The topological polar surface area (TPSA) is 85.1 Å². The predicted octanol–water partition coefficient (Wildman–Crippen LogP) is 0.0970. The lowest BCUT2D eigenvalue weighted by Gasteiger charge is -1.97. The van der Waals surface area contributed by atoms with Gasteiger partial charge in [-0.25, -0.2) is 4.98 Å². The molecule has 0 unspecified atom stereocenters. The van der Waals surface area contributed by atoms with Gasteiger partial charge in [-0.2, -0.15) is 0 Å². The number of nitrogens with zero attached hydrogens (tertiary/aromatic N) is 1. The predicted molar refractivity (Wildman–Crippen MR) is 53.2 cm³/mol. The molecule has 1 aromatic heterocycles. The summed E-state index contributed by atoms with van der Waals surface area (Å²) < 4.78 is 0. The molecule has 0 aromatic carbocycles. The largest absolute Gasteiger partial charge is 0.364 e. The van der Waals surface area contributed by atoms with Crippen LogP contribution in [0.25, 0.3) is 0 Å². The maximum Gasteiger partial charge on any atom is 0.268 e. The molecule has 2 amide bonds. The molecule has 14 heavy (non-hydrogen) atoms. The van der Waals surface area contributed by atoms with Crippen molar-refractivity contribution in [2.24, 2.45) is 5.73 Å². The fraction of sp³-hybridized carbons (Fsp3) is 0.286. The van der Waals surface area contributed by atoms with E-state index in [4.69, 9.17) is 17.3 Å². The normalized spacial score (nSPS) is 9.79.